The maximum Gasteiger partial charge on any atom is 0.326 e. The van der Waals surface area contributed by atoms with Crippen LogP contribution in [0.15, 0.2) is 36.4 Å². The number of carbonyl (C=O) groups is 3. The first-order chi connectivity index (χ1) is 14.1. The second-order valence-electron chi connectivity index (χ2n) is 6.19. The molecule has 2 amide bonds. The summed E-state index contributed by atoms with van der Waals surface area (Å²) in [6, 6.07) is 8.44. The zero-order valence-electron chi connectivity index (χ0n) is 15.9. The molecule has 0 saturated heterocycles. The average molecular weight is 454 g/mol. The largest absolute Gasteiger partial charge is 0.451 e. The number of anilines is 1. The summed E-state index contributed by atoms with van der Waals surface area (Å²) >= 11 is 11.6. The molecule has 9 nitrogen and oxygen atoms in total. The number of carbonyl (C=O) groups excluding carboxylic acids is 3. The maximum atomic E-state index is 12.2. The van der Waals surface area contributed by atoms with E-state index < -0.39 is 41.0 Å². The first-order valence-electron chi connectivity index (χ1n) is 8.57. The van der Waals surface area contributed by atoms with Crippen LogP contribution in [-0.4, -0.2) is 35.4 Å². The third-order valence-corrected chi connectivity index (χ3v) is 4.49. The van der Waals surface area contributed by atoms with Crippen molar-refractivity contribution in [3.05, 3.63) is 67.7 Å². The van der Waals surface area contributed by atoms with Gasteiger partial charge in [-0.15, -0.1) is 0 Å². The Morgan fingerprint density at radius 1 is 1.17 bits per heavy atom. The van der Waals surface area contributed by atoms with Gasteiger partial charge in [0.1, 0.15) is 11.6 Å². The topological polar surface area (TPSA) is 128 Å². The van der Waals surface area contributed by atoms with Crippen LogP contribution in [0.1, 0.15) is 22.8 Å². The Labute approximate surface area is 181 Å². The number of nitrogens with one attached hydrogen (secondary N) is 2. The van der Waals surface area contributed by atoms with E-state index in [1.807, 2.05) is 0 Å². The molecule has 0 aliphatic rings. The van der Waals surface area contributed by atoms with Gasteiger partial charge in [-0.1, -0.05) is 29.3 Å². The Bertz CT molecular complexity index is 1010. The lowest BCUT2D eigenvalue weighted by molar-refractivity contribution is -0.384. The van der Waals surface area contributed by atoms with Crippen molar-refractivity contribution < 1.29 is 24.0 Å². The number of nitro benzene ring substituents is 1. The summed E-state index contributed by atoms with van der Waals surface area (Å²) < 4.78 is 4.99. The maximum absolute atomic E-state index is 12.2. The van der Waals surface area contributed by atoms with Crippen LogP contribution in [0, 0.1) is 17.0 Å². The van der Waals surface area contributed by atoms with Crippen LogP contribution in [-0.2, 0) is 14.3 Å². The smallest absolute Gasteiger partial charge is 0.326 e. The summed E-state index contributed by atoms with van der Waals surface area (Å²) in [6.07, 6.45) is -1.13. The molecule has 2 aromatic rings. The molecule has 11 heteroatoms. The summed E-state index contributed by atoms with van der Waals surface area (Å²) in [5.41, 5.74) is 0.762. The molecule has 0 aromatic heterocycles. The molecule has 0 radical (unpaired) electrons. The highest BCUT2D eigenvalue weighted by molar-refractivity contribution is 6.32. The molecule has 0 aliphatic carbocycles. The fourth-order valence-electron chi connectivity index (χ4n) is 2.30. The fourth-order valence-corrected chi connectivity index (χ4v) is 2.66. The molecule has 2 rings (SSSR count). The molecule has 0 aliphatic heterocycles. The number of amides is 2. The van der Waals surface area contributed by atoms with E-state index >= 15 is 0 Å². The zero-order chi connectivity index (χ0) is 22.4. The van der Waals surface area contributed by atoms with Gasteiger partial charge in [0.05, 0.1) is 4.92 Å². The highest BCUT2D eigenvalue weighted by Gasteiger charge is 2.20. The van der Waals surface area contributed by atoms with Crippen LogP contribution in [0.25, 0.3) is 0 Å². The predicted molar refractivity (Wildman–Crippen MR) is 111 cm³/mol. The number of aryl methyl sites for hydroxylation is 1. The summed E-state index contributed by atoms with van der Waals surface area (Å²) in [5.74, 6) is -2.18. The van der Waals surface area contributed by atoms with Gasteiger partial charge >= 0.3 is 5.97 Å². The lowest BCUT2D eigenvalue weighted by Crippen LogP contribution is -2.36. The molecule has 0 saturated carbocycles. The summed E-state index contributed by atoms with van der Waals surface area (Å²) in [5, 5.41) is 16.1. The van der Waals surface area contributed by atoms with Crippen LogP contribution in [0.5, 0.6) is 0 Å². The number of benzene rings is 2. The van der Waals surface area contributed by atoms with Gasteiger partial charge in [0.2, 0.25) is 0 Å². The predicted octanol–water partition coefficient (Wildman–Crippen LogP) is 3.51. The molecular formula is C19H17Cl2N3O6. The second kappa shape index (κ2) is 10.0. The lowest BCUT2D eigenvalue weighted by atomic mass is 10.2. The standard InChI is InChI=1S/C19H17Cl2N3O6/c1-10-3-5-13(20)8-15(10)23-18(26)11(2)30-17(25)9-22-19(27)12-4-6-14(21)16(7-12)24(28)29/h3-8,11H,9H2,1-2H3,(H,22,27)(H,23,26). The van der Waals surface area contributed by atoms with Gasteiger partial charge in [-0.25, -0.2) is 0 Å². The first kappa shape index (κ1) is 23.1. The van der Waals surface area contributed by atoms with E-state index in [4.69, 9.17) is 27.9 Å². The first-order valence-corrected chi connectivity index (χ1v) is 9.32. The highest BCUT2D eigenvalue weighted by atomic mass is 35.5. The van der Waals surface area contributed by atoms with E-state index in [-0.39, 0.29) is 10.6 Å². The summed E-state index contributed by atoms with van der Waals surface area (Å²) in [4.78, 5) is 46.4. The number of halogens is 2. The number of esters is 1. The van der Waals surface area contributed by atoms with Crippen LogP contribution < -0.4 is 10.6 Å². The molecule has 0 fully saturated rings. The van der Waals surface area contributed by atoms with Gasteiger partial charge < -0.3 is 15.4 Å². The quantitative estimate of drug-likeness (QED) is 0.375. The third kappa shape index (κ3) is 6.16. The average Bonchev–Trinajstić information content (AvgIpc) is 2.68. The van der Waals surface area contributed by atoms with Crippen molar-refractivity contribution in [3.63, 3.8) is 0 Å². The highest BCUT2D eigenvalue weighted by Crippen LogP contribution is 2.25. The summed E-state index contributed by atoms with van der Waals surface area (Å²) in [6.45, 7) is 2.61. The minimum atomic E-state index is -1.13. The minimum absolute atomic E-state index is 0.0545. The molecule has 30 heavy (non-hydrogen) atoms. The van der Waals surface area contributed by atoms with E-state index in [1.54, 1.807) is 25.1 Å². The Hall–Kier alpha value is -3.17. The summed E-state index contributed by atoms with van der Waals surface area (Å²) in [7, 11) is 0. The van der Waals surface area contributed by atoms with Crippen LogP contribution in [0.4, 0.5) is 11.4 Å². The monoisotopic (exact) mass is 453 g/mol. The Kier molecular flexibility index (Phi) is 7.73. The van der Waals surface area contributed by atoms with Gasteiger partial charge in [-0.3, -0.25) is 24.5 Å². The number of ether oxygens (including phenoxy) is 1. The van der Waals surface area contributed by atoms with Gasteiger partial charge in [-0.05, 0) is 43.7 Å². The molecule has 0 bridgehead atoms. The van der Waals surface area contributed by atoms with Gasteiger partial charge in [0.25, 0.3) is 17.5 Å². The van der Waals surface area contributed by atoms with Crippen molar-refractivity contribution in [2.75, 3.05) is 11.9 Å². The van der Waals surface area contributed by atoms with Crippen LogP contribution in [0.3, 0.4) is 0 Å². The number of nitrogens with zero attached hydrogens (tertiary/aromatic N) is 1. The Balaban J connectivity index is 1.90. The molecule has 158 valence electrons. The van der Waals surface area contributed by atoms with Crippen LogP contribution >= 0.6 is 23.2 Å². The van der Waals surface area contributed by atoms with E-state index in [0.717, 1.165) is 11.6 Å². The van der Waals surface area contributed by atoms with E-state index in [1.165, 1.54) is 19.1 Å². The second-order valence-corrected chi connectivity index (χ2v) is 7.03. The van der Waals surface area contributed by atoms with E-state index in [2.05, 4.69) is 10.6 Å². The molecule has 0 heterocycles. The number of rotatable bonds is 7. The van der Waals surface area contributed by atoms with Gasteiger partial charge in [0.15, 0.2) is 6.10 Å². The van der Waals surface area contributed by atoms with Crippen molar-refractivity contribution >= 4 is 52.4 Å². The van der Waals surface area contributed by atoms with Crippen molar-refractivity contribution in [1.29, 1.82) is 0 Å². The van der Waals surface area contributed by atoms with Crippen molar-refractivity contribution in [3.8, 4) is 0 Å². The minimum Gasteiger partial charge on any atom is -0.451 e. The molecular weight excluding hydrogens is 437 g/mol. The Morgan fingerprint density at radius 2 is 1.87 bits per heavy atom. The van der Waals surface area contributed by atoms with E-state index in [0.29, 0.717) is 10.7 Å². The third-order valence-electron chi connectivity index (χ3n) is 3.93. The lowest BCUT2D eigenvalue weighted by Gasteiger charge is -2.15. The zero-order valence-corrected chi connectivity index (χ0v) is 17.4. The SMILES string of the molecule is Cc1ccc(Cl)cc1NC(=O)C(C)OC(=O)CNC(=O)c1ccc(Cl)c([N+](=O)[O-])c1. The van der Waals surface area contributed by atoms with Gasteiger partial charge in [0, 0.05) is 22.3 Å². The molecule has 0 spiro atoms. The van der Waals surface area contributed by atoms with Crippen molar-refractivity contribution in [1.82, 2.24) is 5.32 Å². The molecule has 1 unspecified atom stereocenters. The molecule has 2 aromatic carbocycles. The van der Waals surface area contributed by atoms with Crippen molar-refractivity contribution in [2.24, 2.45) is 0 Å². The number of hydrogen-bond acceptors (Lipinski definition) is 6. The van der Waals surface area contributed by atoms with Crippen molar-refractivity contribution in [2.45, 2.75) is 20.0 Å². The normalized spacial score (nSPS) is 11.3. The number of nitro groups is 1. The van der Waals surface area contributed by atoms with Crippen LogP contribution in [0.2, 0.25) is 10.0 Å². The number of hydrogen-bond donors (Lipinski definition) is 2. The Morgan fingerprint density at radius 3 is 2.53 bits per heavy atom. The molecule has 1 atom stereocenters. The van der Waals surface area contributed by atoms with E-state index in [9.17, 15) is 24.5 Å². The fraction of sp³-hybridized carbons (Fsp3) is 0.211. The van der Waals surface area contributed by atoms with Gasteiger partial charge in [-0.2, -0.15) is 0 Å². The molecule has 2 N–H and O–H groups in total.